The summed E-state index contributed by atoms with van der Waals surface area (Å²) in [7, 11) is 1.47. The lowest BCUT2D eigenvalue weighted by Gasteiger charge is -2.11. The van der Waals surface area contributed by atoms with Crippen molar-refractivity contribution in [2.45, 2.75) is 13.5 Å². The molecule has 0 heterocycles. The summed E-state index contributed by atoms with van der Waals surface area (Å²) in [6, 6.07) is 5.07. The Bertz CT molecular complexity index is 346. The highest BCUT2D eigenvalue weighted by Crippen LogP contribution is 2.17. The molecule has 1 atom stereocenters. The van der Waals surface area contributed by atoms with Gasteiger partial charge in [-0.3, -0.25) is 0 Å². The molecule has 0 aliphatic carbocycles. The van der Waals surface area contributed by atoms with Crippen LogP contribution in [-0.2, 0) is 6.54 Å². The van der Waals surface area contributed by atoms with Gasteiger partial charge in [-0.15, -0.1) is 0 Å². The van der Waals surface area contributed by atoms with E-state index >= 15 is 0 Å². The smallest absolute Gasteiger partial charge is 0.165 e. The van der Waals surface area contributed by atoms with Crippen molar-refractivity contribution in [3.63, 3.8) is 0 Å². The van der Waals surface area contributed by atoms with Crippen LogP contribution in [0.5, 0.6) is 5.75 Å². The van der Waals surface area contributed by atoms with Crippen LogP contribution < -0.4 is 10.1 Å². The molecule has 1 aromatic carbocycles. The highest BCUT2D eigenvalue weighted by molar-refractivity contribution is 7.98. The molecular formula is C13H20FNOS. The van der Waals surface area contributed by atoms with Gasteiger partial charge in [-0.05, 0) is 42.2 Å². The van der Waals surface area contributed by atoms with Crippen LogP contribution >= 0.6 is 11.8 Å². The maximum Gasteiger partial charge on any atom is 0.165 e. The predicted molar refractivity (Wildman–Crippen MR) is 72.2 cm³/mol. The Morgan fingerprint density at radius 2 is 2.24 bits per heavy atom. The summed E-state index contributed by atoms with van der Waals surface area (Å²) in [5.41, 5.74) is 0.944. The van der Waals surface area contributed by atoms with Crippen molar-refractivity contribution in [1.29, 1.82) is 0 Å². The van der Waals surface area contributed by atoms with E-state index in [-0.39, 0.29) is 5.82 Å². The van der Waals surface area contributed by atoms with Crippen LogP contribution in [0.15, 0.2) is 18.2 Å². The zero-order chi connectivity index (χ0) is 12.7. The Morgan fingerprint density at radius 1 is 1.47 bits per heavy atom. The molecule has 1 aromatic rings. The topological polar surface area (TPSA) is 21.3 Å². The van der Waals surface area contributed by atoms with Crippen molar-refractivity contribution < 1.29 is 9.13 Å². The summed E-state index contributed by atoms with van der Waals surface area (Å²) in [5, 5.41) is 3.33. The van der Waals surface area contributed by atoms with Crippen molar-refractivity contribution >= 4 is 11.8 Å². The van der Waals surface area contributed by atoms with Gasteiger partial charge >= 0.3 is 0 Å². The first-order valence-electron chi connectivity index (χ1n) is 5.69. The molecule has 17 heavy (non-hydrogen) atoms. The Hall–Kier alpha value is -0.740. The maximum absolute atomic E-state index is 13.4. The molecule has 0 saturated carbocycles. The van der Waals surface area contributed by atoms with Crippen LogP contribution in [0.2, 0.25) is 0 Å². The Kier molecular flexibility index (Phi) is 6.37. The highest BCUT2D eigenvalue weighted by atomic mass is 32.2. The number of nitrogens with one attached hydrogen (secondary N) is 1. The molecular weight excluding hydrogens is 237 g/mol. The van der Waals surface area contributed by atoms with Crippen LogP contribution in [0.3, 0.4) is 0 Å². The summed E-state index contributed by atoms with van der Waals surface area (Å²) in [4.78, 5) is 0. The molecule has 0 aliphatic heterocycles. The van der Waals surface area contributed by atoms with Crippen molar-refractivity contribution in [3.05, 3.63) is 29.6 Å². The molecule has 96 valence electrons. The quantitative estimate of drug-likeness (QED) is 0.811. The molecule has 0 aliphatic rings. The van der Waals surface area contributed by atoms with E-state index in [0.717, 1.165) is 17.9 Å². The van der Waals surface area contributed by atoms with E-state index in [1.165, 1.54) is 13.2 Å². The van der Waals surface area contributed by atoms with Gasteiger partial charge in [0.1, 0.15) is 0 Å². The molecule has 0 fully saturated rings. The summed E-state index contributed by atoms with van der Waals surface area (Å²) >= 11 is 1.85. The molecule has 0 saturated heterocycles. The van der Waals surface area contributed by atoms with E-state index in [1.54, 1.807) is 6.07 Å². The fourth-order valence-corrected chi connectivity index (χ4v) is 2.31. The number of ether oxygens (including phenoxy) is 1. The Morgan fingerprint density at radius 3 is 2.82 bits per heavy atom. The van der Waals surface area contributed by atoms with E-state index < -0.39 is 0 Å². The van der Waals surface area contributed by atoms with Crippen molar-refractivity contribution in [2.75, 3.05) is 25.7 Å². The maximum atomic E-state index is 13.4. The first-order valence-corrected chi connectivity index (χ1v) is 7.08. The average molecular weight is 257 g/mol. The molecule has 0 bridgehead atoms. The molecule has 1 N–H and O–H groups in total. The van der Waals surface area contributed by atoms with Gasteiger partial charge in [0.2, 0.25) is 0 Å². The van der Waals surface area contributed by atoms with Crippen LogP contribution in [0.25, 0.3) is 0 Å². The molecule has 0 radical (unpaired) electrons. The fraction of sp³-hybridized carbons (Fsp3) is 0.538. The molecule has 1 rings (SSSR count). The van der Waals surface area contributed by atoms with Gasteiger partial charge in [-0.2, -0.15) is 11.8 Å². The van der Waals surface area contributed by atoms with E-state index in [1.807, 2.05) is 17.8 Å². The van der Waals surface area contributed by atoms with Crippen LogP contribution in [0.4, 0.5) is 4.39 Å². The van der Waals surface area contributed by atoms with Crippen LogP contribution in [0.1, 0.15) is 12.5 Å². The largest absolute Gasteiger partial charge is 0.494 e. The second-order valence-corrected chi connectivity index (χ2v) is 5.07. The summed E-state index contributed by atoms with van der Waals surface area (Å²) in [6.45, 7) is 3.85. The van der Waals surface area contributed by atoms with Gasteiger partial charge in [-0.25, -0.2) is 4.39 Å². The molecule has 1 unspecified atom stereocenters. The standard InChI is InChI=1S/C13H20FNOS/c1-10(9-17-3)7-15-8-11-4-5-13(16-2)12(14)6-11/h4-6,10,15H,7-9H2,1-3H3. The number of hydrogen-bond acceptors (Lipinski definition) is 3. The lowest BCUT2D eigenvalue weighted by atomic mass is 10.2. The van der Waals surface area contributed by atoms with Crippen molar-refractivity contribution in [1.82, 2.24) is 5.32 Å². The normalized spacial score (nSPS) is 12.5. The molecule has 0 amide bonds. The van der Waals surface area contributed by atoms with E-state index in [0.29, 0.717) is 18.2 Å². The van der Waals surface area contributed by atoms with Gasteiger partial charge < -0.3 is 10.1 Å². The number of thioether (sulfide) groups is 1. The number of rotatable bonds is 7. The fourth-order valence-electron chi connectivity index (χ4n) is 1.63. The van der Waals surface area contributed by atoms with Crippen molar-refractivity contribution in [3.8, 4) is 5.75 Å². The van der Waals surface area contributed by atoms with Gasteiger partial charge in [0.25, 0.3) is 0 Å². The summed E-state index contributed by atoms with van der Waals surface area (Å²) in [5.74, 6) is 1.77. The zero-order valence-electron chi connectivity index (χ0n) is 10.6. The molecule has 0 aromatic heterocycles. The van der Waals surface area contributed by atoms with Crippen LogP contribution in [-0.4, -0.2) is 25.7 Å². The Labute approximate surface area is 107 Å². The minimum absolute atomic E-state index is 0.296. The van der Waals surface area contributed by atoms with Gasteiger partial charge in [0, 0.05) is 6.54 Å². The number of hydrogen-bond donors (Lipinski definition) is 1. The molecule has 0 spiro atoms. The number of halogens is 1. The third kappa shape index (κ3) is 4.96. The second kappa shape index (κ2) is 7.56. The van der Waals surface area contributed by atoms with E-state index in [4.69, 9.17) is 4.74 Å². The summed E-state index contributed by atoms with van der Waals surface area (Å²) < 4.78 is 18.3. The number of benzene rings is 1. The monoisotopic (exact) mass is 257 g/mol. The first kappa shape index (κ1) is 14.3. The third-order valence-corrected chi connectivity index (χ3v) is 3.39. The third-order valence-electron chi connectivity index (χ3n) is 2.49. The van der Waals surface area contributed by atoms with Crippen molar-refractivity contribution in [2.24, 2.45) is 5.92 Å². The highest BCUT2D eigenvalue weighted by Gasteiger charge is 2.04. The molecule has 2 nitrogen and oxygen atoms in total. The predicted octanol–water partition coefficient (Wildman–Crippen LogP) is 2.92. The van der Waals surface area contributed by atoms with Crippen LogP contribution in [0, 0.1) is 11.7 Å². The zero-order valence-corrected chi connectivity index (χ0v) is 11.4. The second-order valence-electron chi connectivity index (χ2n) is 4.16. The average Bonchev–Trinajstić information content (AvgIpc) is 2.29. The number of methoxy groups -OCH3 is 1. The minimum atomic E-state index is -0.302. The van der Waals surface area contributed by atoms with E-state index in [2.05, 4.69) is 18.5 Å². The SMILES string of the molecule is COc1ccc(CNCC(C)CSC)cc1F. The summed E-state index contributed by atoms with van der Waals surface area (Å²) in [6.07, 6.45) is 2.11. The van der Waals surface area contributed by atoms with Gasteiger partial charge in [0.15, 0.2) is 11.6 Å². The molecule has 4 heteroatoms. The lowest BCUT2D eigenvalue weighted by Crippen LogP contribution is -2.22. The Balaban J connectivity index is 2.39. The van der Waals surface area contributed by atoms with Gasteiger partial charge in [0.05, 0.1) is 7.11 Å². The minimum Gasteiger partial charge on any atom is -0.494 e. The lowest BCUT2D eigenvalue weighted by molar-refractivity contribution is 0.386. The first-order chi connectivity index (χ1) is 8.17. The van der Waals surface area contributed by atoms with E-state index in [9.17, 15) is 4.39 Å². The van der Waals surface area contributed by atoms with Gasteiger partial charge in [-0.1, -0.05) is 13.0 Å².